The van der Waals surface area contributed by atoms with Crippen molar-refractivity contribution in [2.75, 3.05) is 5.32 Å². The number of carbonyl (C=O) groups is 1. The Labute approximate surface area is 166 Å². The lowest BCUT2D eigenvalue weighted by Crippen LogP contribution is -2.23. The van der Waals surface area contributed by atoms with Gasteiger partial charge in [0.2, 0.25) is 5.91 Å². The smallest absolute Gasteiger partial charge is 0.248 e. The molecule has 0 radical (unpaired) electrons. The number of anilines is 2. The third-order valence-corrected chi connectivity index (χ3v) is 5.42. The molecule has 0 saturated heterocycles. The van der Waals surface area contributed by atoms with E-state index in [0.29, 0.717) is 22.1 Å². The molecule has 0 atom stereocenters. The summed E-state index contributed by atoms with van der Waals surface area (Å²) in [6.07, 6.45) is 0. The van der Waals surface area contributed by atoms with Crippen LogP contribution in [0.2, 0.25) is 0 Å². The monoisotopic (exact) mass is 402 g/mol. The van der Waals surface area contributed by atoms with Crippen molar-refractivity contribution >= 4 is 39.4 Å². The van der Waals surface area contributed by atoms with Gasteiger partial charge in [0.05, 0.1) is 27.0 Å². The van der Waals surface area contributed by atoms with Gasteiger partial charge in [-0.05, 0) is 52.8 Å². The minimum atomic E-state index is -0.490. The number of aryl methyl sites for hydroxylation is 2. The highest BCUT2D eigenvalue weighted by Crippen LogP contribution is 2.36. The molecule has 3 N–H and O–H groups in total. The van der Waals surface area contributed by atoms with Crippen LogP contribution in [0.25, 0.3) is 10.6 Å². The van der Waals surface area contributed by atoms with Crippen molar-refractivity contribution in [1.29, 1.82) is 0 Å². The first kappa shape index (κ1) is 19.3. The van der Waals surface area contributed by atoms with Crippen LogP contribution in [-0.4, -0.2) is 21.5 Å². The number of carbonyl (C=O) groups excluding carboxylic acids is 1. The fourth-order valence-electron chi connectivity index (χ4n) is 2.52. The van der Waals surface area contributed by atoms with Crippen LogP contribution in [0.5, 0.6) is 5.75 Å². The van der Waals surface area contributed by atoms with Gasteiger partial charge in [-0.15, -0.1) is 22.7 Å². The zero-order valence-corrected chi connectivity index (χ0v) is 17.5. The van der Waals surface area contributed by atoms with Crippen molar-refractivity contribution in [3.8, 4) is 16.3 Å². The number of nitrogens with two attached hydrogens (primary N) is 1. The van der Waals surface area contributed by atoms with Crippen LogP contribution in [0.1, 0.15) is 41.8 Å². The summed E-state index contributed by atoms with van der Waals surface area (Å²) in [5.41, 5.74) is 7.96. The van der Waals surface area contributed by atoms with Gasteiger partial charge >= 0.3 is 0 Å². The van der Waals surface area contributed by atoms with E-state index in [1.807, 2.05) is 40.0 Å². The zero-order valence-electron chi connectivity index (χ0n) is 15.9. The van der Waals surface area contributed by atoms with Crippen LogP contribution >= 0.6 is 22.7 Å². The normalized spacial score (nSPS) is 11.4. The molecular formula is C19H22N4O2S2. The first-order chi connectivity index (χ1) is 12.6. The SMILES string of the molecule is Cc1nc(C)c(-c2csc(Nc3cc(C(N)=O)ccc3OC(C)(C)C)n2)s1. The molecule has 6 nitrogen and oxygen atoms in total. The minimum Gasteiger partial charge on any atom is -0.486 e. The van der Waals surface area contributed by atoms with E-state index in [1.54, 1.807) is 29.5 Å². The van der Waals surface area contributed by atoms with E-state index in [1.165, 1.54) is 11.3 Å². The maximum absolute atomic E-state index is 11.6. The Morgan fingerprint density at radius 2 is 1.96 bits per heavy atom. The number of aromatic nitrogens is 2. The fourth-order valence-corrected chi connectivity index (χ4v) is 4.19. The molecule has 2 heterocycles. The van der Waals surface area contributed by atoms with Gasteiger partial charge in [0, 0.05) is 10.9 Å². The number of nitrogens with zero attached hydrogens (tertiary/aromatic N) is 2. The number of amides is 1. The average molecular weight is 403 g/mol. The third-order valence-electron chi connectivity index (χ3n) is 3.56. The molecule has 3 rings (SSSR count). The fraction of sp³-hybridized carbons (Fsp3) is 0.316. The molecule has 0 saturated carbocycles. The summed E-state index contributed by atoms with van der Waals surface area (Å²) in [6, 6.07) is 5.09. The van der Waals surface area contributed by atoms with Gasteiger partial charge in [-0.25, -0.2) is 9.97 Å². The van der Waals surface area contributed by atoms with E-state index < -0.39 is 5.91 Å². The summed E-state index contributed by atoms with van der Waals surface area (Å²) in [4.78, 5) is 21.8. The van der Waals surface area contributed by atoms with Gasteiger partial charge in [0.1, 0.15) is 11.4 Å². The molecule has 142 valence electrons. The Morgan fingerprint density at radius 1 is 1.22 bits per heavy atom. The van der Waals surface area contributed by atoms with E-state index in [9.17, 15) is 4.79 Å². The first-order valence-electron chi connectivity index (χ1n) is 8.42. The molecule has 3 aromatic rings. The topological polar surface area (TPSA) is 90.1 Å². The van der Waals surface area contributed by atoms with Gasteiger partial charge in [-0.3, -0.25) is 4.79 Å². The molecule has 1 amide bonds. The highest BCUT2D eigenvalue weighted by Gasteiger charge is 2.18. The van der Waals surface area contributed by atoms with Crippen molar-refractivity contribution in [3.63, 3.8) is 0 Å². The molecule has 0 aliphatic heterocycles. The lowest BCUT2D eigenvalue weighted by atomic mass is 10.1. The number of nitrogens with one attached hydrogen (secondary N) is 1. The molecule has 0 fully saturated rings. The van der Waals surface area contributed by atoms with Crippen LogP contribution in [0.3, 0.4) is 0 Å². The molecule has 0 bridgehead atoms. The number of thiazole rings is 2. The van der Waals surface area contributed by atoms with Crippen LogP contribution in [0.15, 0.2) is 23.6 Å². The summed E-state index contributed by atoms with van der Waals surface area (Å²) in [5.74, 6) is 0.144. The van der Waals surface area contributed by atoms with E-state index >= 15 is 0 Å². The van der Waals surface area contributed by atoms with E-state index in [0.717, 1.165) is 21.3 Å². The van der Waals surface area contributed by atoms with Crippen LogP contribution in [0, 0.1) is 13.8 Å². The van der Waals surface area contributed by atoms with Crippen LogP contribution in [0.4, 0.5) is 10.8 Å². The van der Waals surface area contributed by atoms with Crippen molar-refractivity contribution in [3.05, 3.63) is 39.8 Å². The lowest BCUT2D eigenvalue weighted by Gasteiger charge is -2.23. The van der Waals surface area contributed by atoms with E-state index in [4.69, 9.17) is 10.5 Å². The Bertz CT molecular complexity index is 986. The number of benzene rings is 1. The average Bonchev–Trinajstić information content (AvgIpc) is 3.13. The van der Waals surface area contributed by atoms with Crippen molar-refractivity contribution in [2.24, 2.45) is 5.73 Å². The zero-order chi connectivity index (χ0) is 19.8. The number of ether oxygens (including phenoxy) is 1. The number of hydrogen-bond donors (Lipinski definition) is 2. The summed E-state index contributed by atoms with van der Waals surface area (Å²) in [5, 5.41) is 6.97. The molecule has 0 spiro atoms. The summed E-state index contributed by atoms with van der Waals surface area (Å²) in [7, 11) is 0. The van der Waals surface area contributed by atoms with Crippen molar-refractivity contribution in [2.45, 2.75) is 40.2 Å². The van der Waals surface area contributed by atoms with Gasteiger partial charge in [0.25, 0.3) is 0 Å². The van der Waals surface area contributed by atoms with Gasteiger partial charge in [-0.2, -0.15) is 0 Å². The third kappa shape index (κ3) is 4.64. The quantitative estimate of drug-likeness (QED) is 0.633. The highest BCUT2D eigenvalue weighted by atomic mass is 32.1. The molecule has 1 aromatic carbocycles. The highest BCUT2D eigenvalue weighted by molar-refractivity contribution is 7.16. The predicted molar refractivity (Wildman–Crippen MR) is 111 cm³/mol. The molecule has 0 unspecified atom stereocenters. The molecule has 0 aliphatic carbocycles. The maximum atomic E-state index is 11.6. The summed E-state index contributed by atoms with van der Waals surface area (Å²) >= 11 is 3.11. The van der Waals surface area contributed by atoms with Gasteiger partial charge in [-0.1, -0.05) is 0 Å². The predicted octanol–water partition coefficient (Wildman–Crippen LogP) is 4.90. The van der Waals surface area contributed by atoms with Crippen molar-refractivity contribution in [1.82, 2.24) is 9.97 Å². The van der Waals surface area contributed by atoms with E-state index in [-0.39, 0.29) is 5.60 Å². The van der Waals surface area contributed by atoms with Crippen LogP contribution in [-0.2, 0) is 0 Å². The molecule has 0 aliphatic rings. The Morgan fingerprint density at radius 3 is 2.56 bits per heavy atom. The molecule has 27 heavy (non-hydrogen) atoms. The second kappa shape index (κ2) is 7.28. The summed E-state index contributed by atoms with van der Waals surface area (Å²) in [6.45, 7) is 9.87. The number of hydrogen-bond acceptors (Lipinski definition) is 7. The molecular weight excluding hydrogens is 380 g/mol. The lowest BCUT2D eigenvalue weighted by molar-refractivity contribution is 0.1000. The second-order valence-electron chi connectivity index (χ2n) is 7.10. The molecule has 8 heteroatoms. The first-order valence-corrected chi connectivity index (χ1v) is 10.1. The number of primary amides is 1. The maximum Gasteiger partial charge on any atom is 0.248 e. The second-order valence-corrected chi connectivity index (χ2v) is 9.16. The Hall–Kier alpha value is -2.45. The summed E-state index contributed by atoms with van der Waals surface area (Å²) < 4.78 is 6.01. The van der Waals surface area contributed by atoms with E-state index in [2.05, 4.69) is 15.3 Å². The molecule has 2 aromatic heterocycles. The minimum absolute atomic E-state index is 0.379. The van der Waals surface area contributed by atoms with Crippen molar-refractivity contribution < 1.29 is 9.53 Å². The van der Waals surface area contributed by atoms with Gasteiger partial charge < -0.3 is 15.8 Å². The number of rotatable bonds is 5. The Kier molecular flexibility index (Phi) is 5.21. The van der Waals surface area contributed by atoms with Crippen LogP contribution < -0.4 is 15.8 Å². The standard InChI is InChI=1S/C19H22N4O2S2/c1-10-16(27-11(2)21-10)14-9-26-18(23-14)22-13-8-12(17(20)24)6-7-15(13)25-19(3,4)5/h6-9H,1-5H3,(H2,20,24)(H,22,23). The Balaban J connectivity index is 1.93. The van der Waals surface area contributed by atoms with Gasteiger partial charge in [0.15, 0.2) is 5.13 Å². The largest absolute Gasteiger partial charge is 0.486 e.